The van der Waals surface area contributed by atoms with Gasteiger partial charge in [-0.15, -0.1) is 0 Å². The average molecular weight is 437 g/mol. The summed E-state index contributed by atoms with van der Waals surface area (Å²) in [6, 6.07) is 18.1. The molecule has 2 aromatic rings. The Bertz CT molecular complexity index is 994. The maximum Gasteiger partial charge on any atom is 0.341 e. The van der Waals surface area contributed by atoms with Crippen LogP contribution in [-0.4, -0.2) is 34.9 Å². The first-order valence-corrected chi connectivity index (χ1v) is 10.5. The number of esters is 3. The molecule has 0 saturated heterocycles. The zero-order chi connectivity index (χ0) is 23.2. The van der Waals surface area contributed by atoms with Crippen LogP contribution in [0.5, 0.6) is 0 Å². The zero-order valence-electron chi connectivity index (χ0n) is 18.5. The molecule has 168 valence electrons. The lowest BCUT2D eigenvalue weighted by Gasteiger charge is -2.23. The summed E-state index contributed by atoms with van der Waals surface area (Å²) in [7, 11) is 0. The summed E-state index contributed by atoms with van der Waals surface area (Å²) in [5.74, 6) is -1.65. The number of nitrogens with zero attached hydrogens (tertiary/aromatic N) is 1. The van der Waals surface area contributed by atoms with Gasteiger partial charge in [0.05, 0.1) is 6.42 Å². The minimum atomic E-state index is -1.55. The van der Waals surface area contributed by atoms with Crippen molar-refractivity contribution in [2.45, 2.75) is 57.8 Å². The Morgan fingerprint density at radius 3 is 2.22 bits per heavy atom. The second-order valence-corrected chi connectivity index (χ2v) is 8.61. The van der Waals surface area contributed by atoms with Crippen LogP contribution in [0.15, 0.2) is 65.7 Å². The van der Waals surface area contributed by atoms with E-state index in [0.29, 0.717) is 5.56 Å². The number of hydrogen-bond donors (Lipinski definition) is 0. The highest BCUT2D eigenvalue weighted by molar-refractivity contribution is 6.09. The molecule has 0 aromatic heterocycles. The van der Waals surface area contributed by atoms with E-state index in [2.05, 4.69) is 4.99 Å². The number of hydrogen-bond acceptors (Lipinski definition) is 7. The normalized spacial score (nSPS) is 18.0. The van der Waals surface area contributed by atoms with Gasteiger partial charge >= 0.3 is 17.9 Å². The van der Waals surface area contributed by atoms with Crippen molar-refractivity contribution in [1.82, 2.24) is 0 Å². The van der Waals surface area contributed by atoms with Gasteiger partial charge in [0.15, 0.2) is 5.54 Å². The summed E-state index contributed by atoms with van der Waals surface area (Å²) < 4.78 is 16.1. The van der Waals surface area contributed by atoms with E-state index in [9.17, 15) is 14.4 Å². The van der Waals surface area contributed by atoms with Crippen LogP contribution in [0.1, 0.15) is 51.2 Å². The smallest absolute Gasteiger partial charge is 0.341 e. The number of cyclic esters (lactones) is 1. The molecule has 1 unspecified atom stereocenters. The van der Waals surface area contributed by atoms with Gasteiger partial charge in [-0.25, -0.2) is 9.79 Å². The minimum Gasteiger partial charge on any atom is -0.461 e. The third kappa shape index (κ3) is 6.26. The molecule has 0 fully saturated rings. The second kappa shape index (κ2) is 9.77. The molecular weight excluding hydrogens is 410 g/mol. The molecule has 0 N–H and O–H groups in total. The fraction of sp³-hybridized carbons (Fsp3) is 0.360. The first-order chi connectivity index (χ1) is 15.2. The Morgan fingerprint density at radius 1 is 0.969 bits per heavy atom. The molecule has 0 saturated carbocycles. The van der Waals surface area contributed by atoms with Crippen LogP contribution in [0, 0.1) is 0 Å². The van der Waals surface area contributed by atoms with Gasteiger partial charge in [0.2, 0.25) is 5.90 Å². The average Bonchev–Trinajstić information content (AvgIpc) is 3.07. The molecular formula is C25H27NO6. The first kappa shape index (κ1) is 23.2. The number of carbonyl (C=O) groups is 3. The molecule has 32 heavy (non-hydrogen) atoms. The van der Waals surface area contributed by atoms with E-state index >= 15 is 0 Å². The van der Waals surface area contributed by atoms with Crippen molar-refractivity contribution >= 4 is 23.8 Å². The van der Waals surface area contributed by atoms with Crippen molar-refractivity contribution in [1.29, 1.82) is 0 Å². The molecule has 0 spiro atoms. The fourth-order valence-corrected chi connectivity index (χ4v) is 3.24. The highest BCUT2D eigenvalue weighted by atomic mass is 16.6. The standard InChI is InChI=1S/C25H27NO6/c1-24(2,3)32-20(27)14-15-25(16-21(28)30-17-18-10-6-4-7-11-18)23(29)31-22(26-25)19-12-8-5-9-13-19/h4-13H,14-17H2,1-3H3. The van der Waals surface area contributed by atoms with Crippen molar-refractivity contribution in [3.63, 3.8) is 0 Å². The van der Waals surface area contributed by atoms with E-state index in [0.717, 1.165) is 5.56 Å². The van der Waals surface area contributed by atoms with Gasteiger partial charge in [0.1, 0.15) is 12.2 Å². The Hall–Kier alpha value is -3.48. The third-order valence-electron chi connectivity index (χ3n) is 4.75. The van der Waals surface area contributed by atoms with E-state index in [1.807, 2.05) is 36.4 Å². The van der Waals surface area contributed by atoms with Gasteiger partial charge in [0.25, 0.3) is 0 Å². The molecule has 0 aliphatic carbocycles. The maximum atomic E-state index is 12.9. The highest BCUT2D eigenvalue weighted by Crippen LogP contribution is 2.32. The van der Waals surface area contributed by atoms with Crippen molar-refractivity contribution < 1.29 is 28.6 Å². The molecule has 0 radical (unpaired) electrons. The number of benzene rings is 2. The van der Waals surface area contributed by atoms with Crippen molar-refractivity contribution in [3.8, 4) is 0 Å². The SMILES string of the molecule is CC(C)(C)OC(=O)CCC1(CC(=O)OCc2ccccc2)N=C(c2ccccc2)OC1=O. The molecule has 7 nitrogen and oxygen atoms in total. The molecule has 7 heteroatoms. The largest absolute Gasteiger partial charge is 0.461 e. The van der Waals surface area contributed by atoms with E-state index in [4.69, 9.17) is 14.2 Å². The van der Waals surface area contributed by atoms with Gasteiger partial charge < -0.3 is 14.2 Å². The Morgan fingerprint density at radius 2 is 1.59 bits per heavy atom. The molecule has 1 atom stereocenters. The van der Waals surface area contributed by atoms with Crippen LogP contribution in [0.25, 0.3) is 0 Å². The van der Waals surface area contributed by atoms with Gasteiger partial charge in [0, 0.05) is 12.0 Å². The lowest BCUT2D eigenvalue weighted by Crippen LogP contribution is -2.38. The molecule has 0 bridgehead atoms. The maximum absolute atomic E-state index is 12.9. The summed E-state index contributed by atoms with van der Waals surface area (Å²) in [5.41, 5.74) is -0.771. The third-order valence-corrected chi connectivity index (χ3v) is 4.75. The van der Waals surface area contributed by atoms with E-state index in [1.165, 1.54) is 0 Å². The van der Waals surface area contributed by atoms with Crippen LogP contribution in [0.4, 0.5) is 0 Å². The molecule has 1 aliphatic rings. The highest BCUT2D eigenvalue weighted by Gasteiger charge is 2.48. The zero-order valence-corrected chi connectivity index (χ0v) is 18.5. The molecule has 0 amide bonds. The molecule has 1 heterocycles. The van der Waals surface area contributed by atoms with Crippen molar-refractivity contribution in [3.05, 3.63) is 71.8 Å². The molecule has 3 rings (SSSR count). The Kier molecular flexibility index (Phi) is 7.08. The summed E-state index contributed by atoms with van der Waals surface area (Å²) in [6.07, 6.45) is -0.459. The van der Waals surface area contributed by atoms with Crippen LogP contribution < -0.4 is 0 Å². The van der Waals surface area contributed by atoms with E-state index in [-0.39, 0.29) is 31.8 Å². The molecule has 2 aromatic carbocycles. The number of aliphatic imine (C=N–C) groups is 1. The topological polar surface area (TPSA) is 91.3 Å². The van der Waals surface area contributed by atoms with Crippen LogP contribution in [-0.2, 0) is 35.2 Å². The number of carbonyl (C=O) groups excluding carboxylic acids is 3. The summed E-state index contributed by atoms with van der Waals surface area (Å²) in [5, 5.41) is 0. The monoisotopic (exact) mass is 437 g/mol. The van der Waals surface area contributed by atoms with E-state index in [1.54, 1.807) is 45.0 Å². The van der Waals surface area contributed by atoms with Gasteiger partial charge in [-0.3, -0.25) is 9.59 Å². The summed E-state index contributed by atoms with van der Waals surface area (Å²) in [6.45, 7) is 5.36. The van der Waals surface area contributed by atoms with Gasteiger partial charge in [-0.1, -0.05) is 48.5 Å². The minimum absolute atomic E-state index is 0.0302. The first-order valence-electron chi connectivity index (χ1n) is 10.5. The number of rotatable bonds is 8. The lowest BCUT2D eigenvalue weighted by atomic mass is 9.90. The Balaban J connectivity index is 1.77. The molecule has 1 aliphatic heterocycles. The van der Waals surface area contributed by atoms with Crippen molar-refractivity contribution in [2.75, 3.05) is 0 Å². The fourth-order valence-electron chi connectivity index (χ4n) is 3.24. The summed E-state index contributed by atoms with van der Waals surface area (Å²) >= 11 is 0. The summed E-state index contributed by atoms with van der Waals surface area (Å²) in [4.78, 5) is 42.3. The van der Waals surface area contributed by atoms with Crippen LogP contribution in [0.3, 0.4) is 0 Å². The van der Waals surface area contributed by atoms with Gasteiger partial charge in [-0.05, 0) is 44.9 Å². The lowest BCUT2D eigenvalue weighted by molar-refractivity contribution is -0.157. The predicted molar refractivity (Wildman–Crippen MR) is 118 cm³/mol. The Labute approximate surface area is 187 Å². The number of ether oxygens (including phenoxy) is 3. The quantitative estimate of drug-likeness (QED) is 0.458. The van der Waals surface area contributed by atoms with E-state index < -0.39 is 29.0 Å². The second-order valence-electron chi connectivity index (χ2n) is 8.61. The van der Waals surface area contributed by atoms with Gasteiger partial charge in [-0.2, -0.15) is 0 Å². The predicted octanol–water partition coefficient (Wildman–Crippen LogP) is 3.98. The van der Waals surface area contributed by atoms with Crippen LogP contribution in [0.2, 0.25) is 0 Å². The van der Waals surface area contributed by atoms with Crippen molar-refractivity contribution in [2.24, 2.45) is 4.99 Å². The van der Waals surface area contributed by atoms with Crippen LogP contribution >= 0.6 is 0 Å².